The molecule has 0 aromatic carbocycles. The summed E-state index contributed by atoms with van der Waals surface area (Å²) in [6, 6.07) is 0. The molecule has 52 valence electrons. The van der Waals surface area contributed by atoms with Crippen molar-refractivity contribution >= 4 is 8.03 Å². The Morgan fingerprint density at radius 2 is 2.12 bits per heavy atom. The van der Waals surface area contributed by atoms with Gasteiger partial charge in [-0.15, -0.1) is 0 Å². The van der Waals surface area contributed by atoms with Crippen LogP contribution in [-0.4, -0.2) is 11.1 Å². The first-order valence-electron chi connectivity index (χ1n) is 2.49. The van der Waals surface area contributed by atoms with Gasteiger partial charge in [0.15, 0.2) is 8.03 Å². The number of hydrogen-bond donors (Lipinski definition) is 1. The predicted molar refractivity (Wildman–Crippen MR) is 31.0 cm³/mol. The van der Waals surface area contributed by atoms with E-state index in [4.69, 9.17) is 4.89 Å². The second-order valence-corrected chi connectivity index (χ2v) is 2.78. The van der Waals surface area contributed by atoms with Crippen molar-refractivity contribution in [2.75, 3.05) is 6.16 Å². The van der Waals surface area contributed by atoms with E-state index < -0.39 is 8.03 Å². The van der Waals surface area contributed by atoms with E-state index in [-0.39, 0.29) is 17.1 Å². The first-order chi connectivity index (χ1) is 3.27. The summed E-state index contributed by atoms with van der Waals surface area (Å²) in [5.41, 5.74) is 0. The maximum absolute atomic E-state index is 9.94. The molecule has 0 spiro atoms. The molecule has 0 bridgehead atoms. The van der Waals surface area contributed by atoms with Gasteiger partial charge in [-0.25, -0.2) is 0 Å². The largest absolute Gasteiger partial charge is 0.346 e. The smallest absolute Gasteiger partial charge is 0.189 e. The fourth-order valence-electron chi connectivity index (χ4n) is 0.328. The van der Waals surface area contributed by atoms with Gasteiger partial charge in [0, 0.05) is 23.2 Å². The van der Waals surface area contributed by atoms with E-state index in [0.29, 0.717) is 6.16 Å². The average molecular weight is 178 g/mol. The van der Waals surface area contributed by atoms with Crippen molar-refractivity contribution in [2.45, 2.75) is 19.8 Å². The van der Waals surface area contributed by atoms with E-state index in [1.807, 2.05) is 6.92 Å². The third-order valence-corrected chi connectivity index (χ3v) is 1.53. The van der Waals surface area contributed by atoms with Gasteiger partial charge in [-0.1, -0.05) is 13.3 Å². The van der Waals surface area contributed by atoms with E-state index in [2.05, 4.69) is 0 Å². The Balaban J connectivity index is 0. The van der Waals surface area contributed by atoms with Gasteiger partial charge in [0.1, 0.15) is 0 Å². The van der Waals surface area contributed by atoms with E-state index >= 15 is 0 Å². The molecule has 1 atom stereocenters. The third kappa shape index (κ3) is 9.86. The van der Waals surface area contributed by atoms with Crippen LogP contribution in [0.15, 0.2) is 0 Å². The Kier molecular flexibility index (Phi) is 11.1. The van der Waals surface area contributed by atoms with Gasteiger partial charge in [-0.2, -0.15) is 0 Å². The van der Waals surface area contributed by atoms with Crippen molar-refractivity contribution in [2.24, 2.45) is 0 Å². The Bertz CT molecular complexity index is 67.1. The van der Waals surface area contributed by atoms with Gasteiger partial charge in [0.2, 0.25) is 0 Å². The Morgan fingerprint density at radius 1 is 1.62 bits per heavy atom. The molecule has 8 heavy (non-hydrogen) atoms. The van der Waals surface area contributed by atoms with Gasteiger partial charge >= 0.3 is 0 Å². The maximum Gasteiger partial charge on any atom is 0.189 e. The minimum Gasteiger partial charge on any atom is -0.346 e. The van der Waals surface area contributed by atoms with Crippen LogP contribution in [-0.2, 0) is 21.6 Å². The number of unbranched alkanes of at least 4 members (excludes halogenated alkanes) is 1. The molecule has 0 rings (SSSR count). The molecule has 0 heterocycles. The van der Waals surface area contributed by atoms with E-state index in [0.717, 1.165) is 12.8 Å². The van der Waals surface area contributed by atoms with Gasteiger partial charge in [0.25, 0.3) is 0 Å². The molecule has 0 saturated carbocycles. The van der Waals surface area contributed by atoms with Gasteiger partial charge in [0.05, 0.1) is 0 Å². The summed E-state index contributed by atoms with van der Waals surface area (Å²) < 4.78 is 9.94. The summed E-state index contributed by atoms with van der Waals surface area (Å²) in [6.07, 6.45) is 2.40. The standard InChI is InChI=1S/C4H11O2P.Fe/c1-2-3-4-7(5)6;/h7H,2-4H2,1H3,(H,5,6);. The average Bonchev–Trinajstić information content (AvgIpc) is 1.61. The molecular formula is C4H11FeO2P. The van der Waals surface area contributed by atoms with E-state index in [1.165, 1.54) is 0 Å². The molecule has 0 amide bonds. The molecule has 0 radical (unpaired) electrons. The molecule has 1 N–H and O–H groups in total. The van der Waals surface area contributed by atoms with Crippen LogP contribution in [0.25, 0.3) is 0 Å². The SMILES string of the molecule is CCCC[PH](=O)O.[Fe]. The minimum atomic E-state index is -2.15. The van der Waals surface area contributed by atoms with Crippen LogP contribution in [0, 0.1) is 0 Å². The fraction of sp³-hybridized carbons (Fsp3) is 1.00. The molecule has 4 heteroatoms. The Morgan fingerprint density at radius 3 is 2.25 bits per heavy atom. The quantitative estimate of drug-likeness (QED) is 0.521. The zero-order valence-electron chi connectivity index (χ0n) is 4.83. The van der Waals surface area contributed by atoms with Crippen LogP contribution in [0.4, 0.5) is 0 Å². The van der Waals surface area contributed by atoms with Gasteiger partial charge in [-0.3, -0.25) is 4.57 Å². The summed E-state index contributed by atoms with van der Waals surface area (Å²) in [6.45, 7) is 2.00. The van der Waals surface area contributed by atoms with Crippen molar-refractivity contribution in [3.63, 3.8) is 0 Å². The second kappa shape index (κ2) is 7.71. The van der Waals surface area contributed by atoms with E-state index in [1.54, 1.807) is 0 Å². The van der Waals surface area contributed by atoms with E-state index in [9.17, 15) is 4.57 Å². The normalized spacial score (nSPS) is 12.2. The van der Waals surface area contributed by atoms with Crippen molar-refractivity contribution in [3.8, 4) is 0 Å². The van der Waals surface area contributed by atoms with Crippen molar-refractivity contribution in [3.05, 3.63) is 0 Å². The minimum absolute atomic E-state index is 0. The van der Waals surface area contributed by atoms with Crippen LogP contribution in [0.1, 0.15) is 19.8 Å². The zero-order chi connectivity index (χ0) is 5.70. The fourth-order valence-corrected chi connectivity index (χ4v) is 0.984. The van der Waals surface area contributed by atoms with Crippen LogP contribution in [0.5, 0.6) is 0 Å². The molecule has 0 aromatic heterocycles. The first kappa shape index (κ1) is 11.5. The summed E-state index contributed by atoms with van der Waals surface area (Å²) in [5.74, 6) is 0. The first-order valence-corrected chi connectivity index (χ1v) is 4.05. The third-order valence-electron chi connectivity index (χ3n) is 0.744. The van der Waals surface area contributed by atoms with Crippen LogP contribution < -0.4 is 0 Å². The molecule has 0 aliphatic heterocycles. The zero-order valence-corrected chi connectivity index (χ0v) is 6.93. The van der Waals surface area contributed by atoms with Crippen LogP contribution in [0.3, 0.4) is 0 Å². The van der Waals surface area contributed by atoms with Crippen LogP contribution in [0.2, 0.25) is 0 Å². The van der Waals surface area contributed by atoms with Crippen molar-refractivity contribution in [1.82, 2.24) is 0 Å². The molecule has 0 fully saturated rings. The Hall–Kier alpha value is 0.709. The second-order valence-electron chi connectivity index (χ2n) is 1.50. The summed E-state index contributed by atoms with van der Waals surface area (Å²) in [7, 11) is -2.15. The van der Waals surface area contributed by atoms with Crippen molar-refractivity contribution < 1.29 is 26.5 Å². The van der Waals surface area contributed by atoms with Gasteiger partial charge in [-0.05, 0) is 6.42 Å². The van der Waals surface area contributed by atoms with Crippen molar-refractivity contribution in [1.29, 1.82) is 0 Å². The molecular weight excluding hydrogens is 167 g/mol. The molecule has 0 saturated heterocycles. The molecule has 1 unspecified atom stereocenters. The number of rotatable bonds is 3. The summed E-state index contributed by atoms with van der Waals surface area (Å²) in [5, 5.41) is 0. The number of hydrogen-bond acceptors (Lipinski definition) is 1. The molecule has 0 aromatic rings. The summed E-state index contributed by atoms with van der Waals surface area (Å²) >= 11 is 0. The Labute approximate surface area is 61.0 Å². The van der Waals surface area contributed by atoms with Crippen LogP contribution >= 0.6 is 8.03 Å². The van der Waals surface area contributed by atoms with Gasteiger partial charge < -0.3 is 4.89 Å². The predicted octanol–water partition coefficient (Wildman–Crippen LogP) is 1.25. The molecule has 0 aliphatic rings. The monoisotopic (exact) mass is 178 g/mol. The molecule has 2 nitrogen and oxygen atoms in total. The maximum atomic E-state index is 9.94. The summed E-state index contributed by atoms with van der Waals surface area (Å²) in [4.78, 5) is 8.23. The topological polar surface area (TPSA) is 37.3 Å². The molecule has 0 aliphatic carbocycles.